The fourth-order valence-corrected chi connectivity index (χ4v) is 2.63. The molecule has 0 aliphatic carbocycles. The maximum atomic E-state index is 12.6. The highest BCUT2D eigenvalue weighted by molar-refractivity contribution is 5.98. The molecule has 0 fully saturated rings. The number of hydrogen-bond acceptors (Lipinski definition) is 4. The van der Waals surface area contributed by atoms with Crippen molar-refractivity contribution in [1.29, 1.82) is 0 Å². The van der Waals surface area contributed by atoms with Crippen LogP contribution in [-0.2, 0) is 27.2 Å². The largest absolute Gasteiger partial charge is 0.403 e. The van der Waals surface area contributed by atoms with Crippen LogP contribution in [0.15, 0.2) is 72.6 Å². The molecule has 0 saturated carbocycles. The van der Waals surface area contributed by atoms with Gasteiger partial charge in [0.05, 0.1) is 0 Å². The molecule has 0 aliphatic rings. The molecule has 0 aromatic heterocycles. The van der Waals surface area contributed by atoms with Gasteiger partial charge in [-0.05, 0) is 17.5 Å². The van der Waals surface area contributed by atoms with Crippen LogP contribution in [0.1, 0.15) is 17.5 Å². The zero-order valence-electron chi connectivity index (χ0n) is 15.4. The van der Waals surface area contributed by atoms with Gasteiger partial charge in [0, 0.05) is 19.0 Å². The molecule has 1 atom stereocenters. The number of benzene rings is 2. The molecule has 7 heteroatoms. The lowest BCUT2D eigenvalue weighted by Gasteiger charge is -2.19. The zero-order chi connectivity index (χ0) is 20.4. The SMILES string of the molecule is N/C=C(\NC(=O)[C@H](Cc1ccccc1)NC(=O)CCc1ccccc1)C(N)=O. The Kier molecular flexibility index (Phi) is 7.77. The zero-order valence-corrected chi connectivity index (χ0v) is 15.4. The summed E-state index contributed by atoms with van der Waals surface area (Å²) in [6.45, 7) is 0. The predicted molar refractivity (Wildman–Crippen MR) is 106 cm³/mol. The number of aryl methyl sites for hydroxylation is 1. The van der Waals surface area contributed by atoms with Gasteiger partial charge in [-0.25, -0.2) is 0 Å². The Balaban J connectivity index is 2.05. The number of carbonyl (C=O) groups excluding carboxylic acids is 3. The van der Waals surface area contributed by atoms with Gasteiger partial charge in [-0.15, -0.1) is 0 Å². The lowest BCUT2D eigenvalue weighted by atomic mass is 10.0. The van der Waals surface area contributed by atoms with Crippen molar-refractivity contribution in [2.75, 3.05) is 0 Å². The highest BCUT2D eigenvalue weighted by Gasteiger charge is 2.23. The molecular weight excluding hydrogens is 356 g/mol. The molecule has 0 spiro atoms. The molecule has 6 N–H and O–H groups in total. The average Bonchev–Trinajstić information content (AvgIpc) is 2.71. The molecule has 0 aliphatic heterocycles. The molecule has 0 saturated heterocycles. The summed E-state index contributed by atoms with van der Waals surface area (Å²) in [6.07, 6.45) is 1.98. The van der Waals surface area contributed by atoms with Gasteiger partial charge in [-0.2, -0.15) is 0 Å². The summed E-state index contributed by atoms with van der Waals surface area (Å²) in [5.74, 6) is -1.69. The van der Waals surface area contributed by atoms with Crippen LogP contribution in [0.3, 0.4) is 0 Å². The number of rotatable bonds is 9. The van der Waals surface area contributed by atoms with Crippen molar-refractivity contribution < 1.29 is 14.4 Å². The summed E-state index contributed by atoms with van der Waals surface area (Å²) in [7, 11) is 0. The average molecular weight is 380 g/mol. The van der Waals surface area contributed by atoms with E-state index in [1.165, 1.54) is 0 Å². The van der Waals surface area contributed by atoms with E-state index >= 15 is 0 Å². The van der Waals surface area contributed by atoms with Crippen molar-refractivity contribution >= 4 is 17.7 Å². The molecule has 0 radical (unpaired) electrons. The van der Waals surface area contributed by atoms with Gasteiger partial charge in [0.2, 0.25) is 11.8 Å². The van der Waals surface area contributed by atoms with Crippen LogP contribution in [0.2, 0.25) is 0 Å². The molecule has 0 bridgehead atoms. The number of primary amides is 1. The first kappa shape index (κ1) is 20.7. The van der Waals surface area contributed by atoms with E-state index in [0.29, 0.717) is 6.42 Å². The molecule has 7 nitrogen and oxygen atoms in total. The van der Waals surface area contributed by atoms with Gasteiger partial charge in [-0.3, -0.25) is 14.4 Å². The summed E-state index contributed by atoms with van der Waals surface area (Å²) < 4.78 is 0. The Hall–Kier alpha value is -3.61. The minimum absolute atomic E-state index is 0.221. The molecule has 28 heavy (non-hydrogen) atoms. The molecule has 0 unspecified atom stereocenters. The highest BCUT2D eigenvalue weighted by Crippen LogP contribution is 2.06. The molecule has 146 valence electrons. The monoisotopic (exact) mass is 380 g/mol. The summed E-state index contributed by atoms with van der Waals surface area (Å²) in [5, 5.41) is 5.11. The van der Waals surface area contributed by atoms with E-state index < -0.39 is 17.9 Å². The minimum atomic E-state index is -0.875. The lowest BCUT2D eigenvalue weighted by molar-refractivity contribution is -0.129. The van der Waals surface area contributed by atoms with E-state index in [1.54, 1.807) is 0 Å². The second-order valence-corrected chi connectivity index (χ2v) is 6.23. The first-order chi connectivity index (χ1) is 13.5. The van der Waals surface area contributed by atoms with Gasteiger partial charge in [-0.1, -0.05) is 60.7 Å². The lowest BCUT2D eigenvalue weighted by Crippen LogP contribution is -2.49. The number of carbonyl (C=O) groups is 3. The normalized spacial score (nSPS) is 12.1. The van der Waals surface area contributed by atoms with Gasteiger partial charge in [0.15, 0.2) is 0 Å². The van der Waals surface area contributed by atoms with Crippen LogP contribution in [0.5, 0.6) is 0 Å². The summed E-state index contributed by atoms with van der Waals surface area (Å²) >= 11 is 0. The van der Waals surface area contributed by atoms with Crippen LogP contribution < -0.4 is 22.1 Å². The topological polar surface area (TPSA) is 127 Å². The summed E-state index contributed by atoms with van der Waals surface area (Å²) in [5.41, 5.74) is 12.2. The third kappa shape index (κ3) is 6.60. The molecule has 3 amide bonds. The van der Waals surface area contributed by atoms with Crippen molar-refractivity contribution in [2.24, 2.45) is 11.5 Å². The van der Waals surface area contributed by atoms with E-state index in [9.17, 15) is 14.4 Å². The third-order valence-electron chi connectivity index (χ3n) is 4.11. The molecule has 0 heterocycles. The van der Waals surface area contributed by atoms with Gasteiger partial charge in [0.25, 0.3) is 5.91 Å². The van der Waals surface area contributed by atoms with Gasteiger partial charge >= 0.3 is 0 Å². The summed E-state index contributed by atoms with van der Waals surface area (Å²) in [4.78, 5) is 36.3. The van der Waals surface area contributed by atoms with E-state index in [-0.39, 0.29) is 24.4 Å². The minimum Gasteiger partial charge on any atom is -0.403 e. The van der Waals surface area contributed by atoms with Gasteiger partial charge < -0.3 is 22.1 Å². The van der Waals surface area contributed by atoms with Crippen molar-refractivity contribution in [3.8, 4) is 0 Å². The van der Waals surface area contributed by atoms with Crippen molar-refractivity contribution in [3.05, 3.63) is 83.7 Å². The van der Waals surface area contributed by atoms with E-state index in [4.69, 9.17) is 11.5 Å². The fraction of sp³-hybridized carbons (Fsp3) is 0.190. The maximum absolute atomic E-state index is 12.6. The Morgan fingerprint density at radius 1 is 0.929 bits per heavy atom. The second kappa shape index (κ2) is 10.5. The van der Waals surface area contributed by atoms with E-state index in [1.807, 2.05) is 60.7 Å². The van der Waals surface area contributed by atoms with Crippen LogP contribution in [-0.4, -0.2) is 23.8 Å². The molecule has 2 rings (SSSR count). The fourth-order valence-electron chi connectivity index (χ4n) is 2.63. The van der Waals surface area contributed by atoms with E-state index in [0.717, 1.165) is 17.3 Å². The predicted octanol–water partition coefficient (Wildman–Crippen LogP) is 0.748. The molecule has 2 aromatic carbocycles. The van der Waals surface area contributed by atoms with Crippen molar-refractivity contribution in [1.82, 2.24) is 10.6 Å². The summed E-state index contributed by atoms with van der Waals surface area (Å²) in [6, 6.07) is 18.0. The first-order valence-corrected chi connectivity index (χ1v) is 8.89. The molecule has 2 aromatic rings. The smallest absolute Gasteiger partial charge is 0.266 e. The van der Waals surface area contributed by atoms with Crippen molar-refractivity contribution in [3.63, 3.8) is 0 Å². The second-order valence-electron chi connectivity index (χ2n) is 6.23. The quantitative estimate of drug-likeness (QED) is 0.479. The van der Waals surface area contributed by atoms with Crippen LogP contribution in [0, 0.1) is 0 Å². The first-order valence-electron chi connectivity index (χ1n) is 8.89. The number of amides is 3. The third-order valence-corrected chi connectivity index (χ3v) is 4.11. The maximum Gasteiger partial charge on any atom is 0.266 e. The van der Waals surface area contributed by atoms with Crippen molar-refractivity contribution in [2.45, 2.75) is 25.3 Å². The Morgan fingerprint density at radius 2 is 1.50 bits per heavy atom. The highest BCUT2D eigenvalue weighted by atomic mass is 16.2. The molecular formula is C21H24N4O3. The Labute approximate surface area is 163 Å². The Bertz CT molecular complexity index is 835. The number of hydrogen-bond donors (Lipinski definition) is 4. The van der Waals surface area contributed by atoms with E-state index in [2.05, 4.69) is 10.6 Å². The van der Waals surface area contributed by atoms with Crippen LogP contribution in [0.4, 0.5) is 0 Å². The van der Waals surface area contributed by atoms with Gasteiger partial charge in [0.1, 0.15) is 11.7 Å². The van der Waals surface area contributed by atoms with Crippen LogP contribution in [0.25, 0.3) is 0 Å². The number of nitrogens with two attached hydrogens (primary N) is 2. The van der Waals surface area contributed by atoms with Crippen LogP contribution >= 0.6 is 0 Å². The standard InChI is InChI=1S/C21H24N4O3/c22-14-18(20(23)27)25-21(28)17(13-16-9-5-2-6-10-16)24-19(26)12-11-15-7-3-1-4-8-15/h1-10,14,17H,11-13,22H2,(H2,23,27)(H,24,26)(H,25,28)/b18-14-/t17-/m0/s1. The number of nitrogens with one attached hydrogen (secondary N) is 2. The Morgan fingerprint density at radius 3 is 2.04 bits per heavy atom.